The molecule has 2 nitrogen and oxygen atoms in total. The molecule has 5 heteroatoms. The van der Waals surface area contributed by atoms with Gasteiger partial charge >= 0.3 is 0 Å². The number of ether oxygens (including phenoxy) is 1. The number of hydrogen-bond donors (Lipinski definition) is 0. The molecule has 19 heavy (non-hydrogen) atoms. The van der Waals surface area contributed by atoms with Crippen molar-refractivity contribution in [1.82, 2.24) is 4.90 Å². The van der Waals surface area contributed by atoms with Crippen LogP contribution in [0.3, 0.4) is 0 Å². The first-order chi connectivity index (χ1) is 9.24. The van der Waals surface area contributed by atoms with E-state index in [9.17, 15) is 4.39 Å². The SMILES string of the molecule is Fc1cc(CN2CCS[C@@H]3COCC[C@@H]32)ccc1Cl. The average Bonchev–Trinajstić information content (AvgIpc) is 2.43. The average molecular weight is 302 g/mol. The second kappa shape index (κ2) is 6.00. The summed E-state index contributed by atoms with van der Waals surface area (Å²) < 4.78 is 19.0. The van der Waals surface area contributed by atoms with Crippen LogP contribution in [0.5, 0.6) is 0 Å². The molecule has 0 aliphatic carbocycles. The van der Waals surface area contributed by atoms with Crippen molar-refractivity contribution in [3.63, 3.8) is 0 Å². The van der Waals surface area contributed by atoms with Gasteiger partial charge in [0.1, 0.15) is 5.82 Å². The number of thioether (sulfide) groups is 1. The van der Waals surface area contributed by atoms with Crippen LogP contribution in [0, 0.1) is 5.82 Å². The van der Waals surface area contributed by atoms with Crippen LogP contribution in [-0.4, -0.2) is 41.7 Å². The number of fused-ring (bicyclic) bond motifs is 1. The zero-order valence-corrected chi connectivity index (χ0v) is 12.2. The van der Waals surface area contributed by atoms with E-state index >= 15 is 0 Å². The number of benzene rings is 1. The monoisotopic (exact) mass is 301 g/mol. The summed E-state index contributed by atoms with van der Waals surface area (Å²) in [6.45, 7) is 3.56. The summed E-state index contributed by atoms with van der Waals surface area (Å²) in [6, 6.07) is 5.68. The van der Waals surface area contributed by atoms with Crippen LogP contribution in [0.1, 0.15) is 12.0 Å². The Hall–Kier alpha value is -0.290. The van der Waals surface area contributed by atoms with Crippen molar-refractivity contribution >= 4 is 23.4 Å². The predicted octanol–water partition coefficient (Wildman–Crippen LogP) is 3.19. The van der Waals surface area contributed by atoms with E-state index in [1.165, 1.54) is 0 Å². The van der Waals surface area contributed by atoms with Crippen LogP contribution < -0.4 is 0 Å². The van der Waals surface area contributed by atoms with Crippen LogP contribution >= 0.6 is 23.4 Å². The minimum Gasteiger partial charge on any atom is -0.380 e. The third kappa shape index (κ3) is 3.07. The smallest absolute Gasteiger partial charge is 0.142 e. The third-order valence-corrected chi connectivity index (χ3v) is 5.42. The molecule has 1 aromatic carbocycles. The van der Waals surface area contributed by atoms with Gasteiger partial charge in [0.25, 0.3) is 0 Å². The lowest BCUT2D eigenvalue weighted by Crippen LogP contribution is -2.51. The largest absolute Gasteiger partial charge is 0.380 e. The second-order valence-corrected chi connectivity index (χ2v) is 6.81. The first-order valence-electron chi connectivity index (χ1n) is 6.61. The highest BCUT2D eigenvalue weighted by Crippen LogP contribution is 2.31. The van der Waals surface area contributed by atoms with E-state index in [1.54, 1.807) is 12.1 Å². The predicted molar refractivity (Wildman–Crippen MR) is 77.3 cm³/mol. The van der Waals surface area contributed by atoms with Crippen molar-refractivity contribution in [2.45, 2.75) is 24.3 Å². The molecule has 2 atom stereocenters. The second-order valence-electron chi connectivity index (χ2n) is 5.06. The van der Waals surface area contributed by atoms with Crippen molar-refractivity contribution in [2.24, 2.45) is 0 Å². The summed E-state index contributed by atoms with van der Waals surface area (Å²) in [4.78, 5) is 2.46. The minimum atomic E-state index is -0.325. The van der Waals surface area contributed by atoms with Crippen molar-refractivity contribution < 1.29 is 9.13 Å². The Labute approximate surface area is 122 Å². The maximum Gasteiger partial charge on any atom is 0.142 e. The van der Waals surface area contributed by atoms with Crippen LogP contribution in [0.2, 0.25) is 5.02 Å². The van der Waals surface area contributed by atoms with Crippen LogP contribution in [0.4, 0.5) is 4.39 Å². The molecule has 0 bridgehead atoms. The Bertz CT molecular complexity index is 457. The number of halogens is 2. The zero-order chi connectivity index (χ0) is 13.2. The Morgan fingerprint density at radius 1 is 1.47 bits per heavy atom. The molecule has 2 fully saturated rings. The van der Waals surface area contributed by atoms with E-state index in [2.05, 4.69) is 4.90 Å². The molecule has 0 aromatic heterocycles. The van der Waals surface area contributed by atoms with E-state index in [4.69, 9.17) is 16.3 Å². The van der Waals surface area contributed by atoms with Crippen LogP contribution in [0.15, 0.2) is 18.2 Å². The van der Waals surface area contributed by atoms with E-state index in [0.717, 1.165) is 44.0 Å². The maximum atomic E-state index is 13.5. The molecule has 0 saturated carbocycles. The van der Waals surface area contributed by atoms with E-state index in [1.807, 2.05) is 17.8 Å². The summed E-state index contributed by atoms with van der Waals surface area (Å²) in [5, 5.41) is 0.765. The molecular weight excluding hydrogens is 285 g/mol. The van der Waals surface area contributed by atoms with Crippen molar-refractivity contribution in [3.8, 4) is 0 Å². The van der Waals surface area contributed by atoms with Gasteiger partial charge in [0.05, 0.1) is 11.6 Å². The number of nitrogens with zero attached hydrogens (tertiary/aromatic N) is 1. The highest BCUT2D eigenvalue weighted by Gasteiger charge is 2.34. The first kappa shape index (κ1) is 13.7. The summed E-state index contributed by atoms with van der Waals surface area (Å²) in [5.41, 5.74) is 0.999. The maximum absolute atomic E-state index is 13.5. The summed E-state index contributed by atoms with van der Waals surface area (Å²) in [7, 11) is 0. The van der Waals surface area contributed by atoms with Gasteiger partial charge in [0.15, 0.2) is 0 Å². The van der Waals surface area contributed by atoms with Gasteiger partial charge in [-0.25, -0.2) is 4.39 Å². The normalized spacial score (nSPS) is 28.1. The highest BCUT2D eigenvalue weighted by molar-refractivity contribution is 8.00. The molecule has 2 aliphatic rings. The molecule has 1 aromatic rings. The molecule has 0 spiro atoms. The van der Waals surface area contributed by atoms with E-state index in [-0.39, 0.29) is 10.8 Å². The van der Waals surface area contributed by atoms with E-state index < -0.39 is 0 Å². The Kier molecular flexibility index (Phi) is 4.32. The number of hydrogen-bond acceptors (Lipinski definition) is 3. The molecule has 0 unspecified atom stereocenters. The number of rotatable bonds is 2. The minimum absolute atomic E-state index is 0.196. The zero-order valence-electron chi connectivity index (χ0n) is 10.6. The molecular formula is C14H17ClFNOS. The van der Waals surface area contributed by atoms with Crippen LogP contribution in [-0.2, 0) is 11.3 Å². The van der Waals surface area contributed by atoms with Gasteiger partial charge in [-0.15, -0.1) is 0 Å². The lowest BCUT2D eigenvalue weighted by molar-refractivity contribution is 0.0351. The van der Waals surface area contributed by atoms with Crippen LogP contribution in [0.25, 0.3) is 0 Å². The summed E-state index contributed by atoms with van der Waals surface area (Å²) in [6.07, 6.45) is 1.08. The topological polar surface area (TPSA) is 12.5 Å². The third-order valence-electron chi connectivity index (χ3n) is 3.82. The van der Waals surface area contributed by atoms with Gasteiger partial charge in [-0.2, -0.15) is 11.8 Å². The highest BCUT2D eigenvalue weighted by atomic mass is 35.5. The van der Waals surface area contributed by atoms with Gasteiger partial charge in [-0.05, 0) is 24.1 Å². The van der Waals surface area contributed by atoms with E-state index in [0.29, 0.717) is 11.3 Å². The van der Waals surface area contributed by atoms with Gasteiger partial charge < -0.3 is 4.74 Å². The lowest BCUT2D eigenvalue weighted by Gasteiger charge is -2.43. The molecule has 104 valence electrons. The fraction of sp³-hybridized carbons (Fsp3) is 0.571. The van der Waals surface area contributed by atoms with Crippen molar-refractivity contribution in [3.05, 3.63) is 34.6 Å². The fourth-order valence-electron chi connectivity index (χ4n) is 2.83. The molecule has 3 rings (SSSR count). The molecule has 2 saturated heterocycles. The quantitative estimate of drug-likeness (QED) is 0.832. The fourth-order valence-corrected chi connectivity index (χ4v) is 4.32. The Morgan fingerprint density at radius 2 is 2.37 bits per heavy atom. The first-order valence-corrected chi connectivity index (χ1v) is 8.04. The van der Waals surface area contributed by atoms with Crippen molar-refractivity contribution in [1.29, 1.82) is 0 Å². The summed E-state index contributed by atoms with van der Waals surface area (Å²) >= 11 is 7.73. The molecule has 0 amide bonds. The molecule has 2 heterocycles. The van der Waals surface area contributed by atoms with Gasteiger partial charge in [-0.3, -0.25) is 4.90 Å². The summed E-state index contributed by atoms with van der Waals surface area (Å²) in [5.74, 6) is 0.801. The van der Waals surface area contributed by atoms with Gasteiger partial charge in [-0.1, -0.05) is 17.7 Å². The Balaban J connectivity index is 1.72. The van der Waals surface area contributed by atoms with Gasteiger partial charge in [0.2, 0.25) is 0 Å². The lowest BCUT2D eigenvalue weighted by atomic mass is 10.0. The standard InChI is InChI=1S/C14H17ClFNOS/c15-11-2-1-10(7-12(11)16)8-17-4-6-19-14-9-18-5-3-13(14)17/h1-2,7,13-14H,3-6,8-9H2/t13-,14+/m0/s1. The molecule has 2 aliphatic heterocycles. The molecule has 0 radical (unpaired) electrons. The van der Waals surface area contributed by atoms with Gasteiger partial charge in [0, 0.05) is 36.7 Å². The Morgan fingerprint density at radius 3 is 3.21 bits per heavy atom. The van der Waals surface area contributed by atoms with Crippen molar-refractivity contribution in [2.75, 3.05) is 25.5 Å². The molecule has 0 N–H and O–H groups in total.